The van der Waals surface area contributed by atoms with E-state index in [2.05, 4.69) is 27.3 Å². The fourth-order valence-corrected chi connectivity index (χ4v) is 3.56. The average molecular weight is 351 g/mol. The van der Waals surface area contributed by atoms with Gasteiger partial charge in [0.15, 0.2) is 0 Å². The molecular formula is C14H18BrCl2N. The third kappa shape index (κ3) is 4.12. The van der Waals surface area contributed by atoms with Gasteiger partial charge >= 0.3 is 0 Å². The van der Waals surface area contributed by atoms with E-state index in [-0.39, 0.29) is 0 Å². The molecule has 2 atom stereocenters. The molecule has 1 aromatic carbocycles. The minimum atomic E-state index is 0.339. The highest BCUT2D eigenvalue weighted by atomic mass is 79.9. The summed E-state index contributed by atoms with van der Waals surface area (Å²) in [7, 11) is 0. The number of halogens is 3. The van der Waals surface area contributed by atoms with E-state index in [9.17, 15) is 0 Å². The predicted molar refractivity (Wildman–Crippen MR) is 82.5 cm³/mol. The third-order valence-electron chi connectivity index (χ3n) is 3.55. The monoisotopic (exact) mass is 349 g/mol. The zero-order valence-corrected chi connectivity index (χ0v) is 13.4. The molecule has 0 saturated heterocycles. The second kappa shape index (κ2) is 7.14. The first-order valence-corrected chi connectivity index (χ1v) is 8.06. The summed E-state index contributed by atoms with van der Waals surface area (Å²) in [5.74, 6) is 0.606. The Morgan fingerprint density at radius 3 is 2.78 bits per heavy atom. The van der Waals surface area contributed by atoms with Crippen LogP contribution in [0.4, 0.5) is 0 Å². The molecule has 1 aliphatic rings. The van der Waals surface area contributed by atoms with Crippen molar-refractivity contribution in [3.05, 3.63) is 33.3 Å². The van der Waals surface area contributed by atoms with Gasteiger partial charge in [-0.15, -0.1) is 11.6 Å². The van der Waals surface area contributed by atoms with E-state index in [0.29, 0.717) is 11.3 Å². The van der Waals surface area contributed by atoms with Gasteiger partial charge in [-0.05, 0) is 43.0 Å². The molecule has 0 amide bonds. The lowest BCUT2D eigenvalue weighted by Gasteiger charge is -2.27. The molecule has 1 fully saturated rings. The molecule has 0 aromatic heterocycles. The minimum absolute atomic E-state index is 0.339. The van der Waals surface area contributed by atoms with Crippen LogP contribution in [-0.4, -0.2) is 11.9 Å². The van der Waals surface area contributed by atoms with Crippen LogP contribution in [0.2, 0.25) is 5.02 Å². The van der Waals surface area contributed by atoms with Crippen molar-refractivity contribution in [3.63, 3.8) is 0 Å². The topological polar surface area (TPSA) is 12.0 Å². The third-order valence-corrected chi connectivity index (χ3v) is 4.97. The molecule has 0 aliphatic heterocycles. The van der Waals surface area contributed by atoms with Crippen molar-refractivity contribution in [2.24, 2.45) is 5.92 Å². The Kier molecular flexibility index (Phi) is 5.81. The summed E-state index contributed by atoms with van der Waals surface area (Å²) in [6.07, 6.45) is 5.00. The Bertz CT molecular complexity index is 397. The molecule has 1 N–H and O–H groups in total. The summed E-state index contributed by atoms with van der Waals surface area (Å²) in [6, 6.07) is 6.01. The molecule has 1 aliphatic carbocycles. The highest BCUT2D eigenvalue weighted by Gasteiger charge is 2.22. The molecule has 1 aromatic rings. The minimum Gasteiger partial charge on any atom is -0.312 e. The molecule has 100 valence electrons. The standard InChI is InChI=1S/C14H18BrCl2N/c15-12-6-5-11(14(17)7-12)9-18-8-10-3-1-2-4-13(10)16/h5-7,10,13,18H,1-4,8-9H2. The first-order valence-electron chi connectivity index (χ1n) is 6.45. The first kappa shape index (κ1) is 14.6. The van der Waals surface area contributed by atoms with Gasteiger partial charge in [0, 0.05) is 21.4 Å². The molecule has 2 rings (SSSR count). The molecule has 0 bridgehead atoms. The zero-order chi connectivity index (χ0) is 13.0. The van der Waals surface area contributed by atoms with Crippen molar-refractivity contribution in [2.45, 2.75) is 37.6 Å². The normalized spacial score (nSPS) is 24.2. The first-order chi connectivity index (χ1) is 8.66. The van der Waals surface area contributed by atoms with Gasteiger partial charge in [0.2, 0.25) is 0 Å². The zero-order valence-electron chi connectivity index (χ0n) is 10.3. The molecule has 1 nitrogen and oxygen atoms in total. The maximum absolute atomic E-state index is 6.34. The maximum atomic E-state index is 6.34. The van der Waals surface area contributed by atoms with Crippen LogP contribution in [0.1, 0.15) is 31.2 Å². The Labute approximate surface area is 127 Å². The summed E-state index contributed by atoms with van der Waals surface area (Å²) in [5.41, 5.74) is 1.14. The number of hydrogen-bond acceptors (Lipinski definition) is 1. The molecule has 4 heteroatoms. The molecular weight excluding hydrogens is 333 g/mol. The summed E-state index contributed by atoms with van der Waals surface area (Å²) in [6.45, 7) is 1.80. The van der Waals surface area contributed by atoms with Crippen molar-refractivity contribution in [2.75, 3.05) is 6.54 Å². The van der Waals surface area contributed by atoms with Gasteiger partial charge in [0.25, 0.3) is 0 Å². The highest BCUT2D eigenvalue weighted by Crippen LogP contribution is 2.28. The summed E-state index contributed by atoms with van der Waals surface area (Å²) in [4.78, 5) is 0. The van der Waals surface area contributed by atoms with E-state index in [4.69, 9.17) is 23.2 Å². The number of benzene rings is 1. The lowest BCUT2D eigenvalue weighted by Crippen LogP contribution is -2.30. The Morgan fingerprint density at radius 2 is 2.06 bits per heavy atom. The van der Waals surface area contributed by atoms with Crippen LogP contribution >= 0.6 is 39.1 Å². The van der Waals surface area contributed by atoms with Gasteiger partial charge in [0.1, 0.15) is 0 Å². The fourth-order valence-electron chi connectivity index (χ4n) is 2.45. The highest BCUT2D eigenvalue weighted by molar-refractivity contribution is 9.10. The smallest absolute Gasteiger partial charge is 0.0462 e. The van der Waals surface area contributed by atoms with Gasteiger partial charge in [-0.2, -0.15) is 0 Å². The van der Waals surface area contributed by atoms with E-state index in [1.165, 1.54) is 19.3 Å². The number of hydrogen-bond donors (Lipinski definition) is 1. The molecule has 0 heterocycles. The lowest BCUT2D eigenvalue weighted by molar-refractivity contribution is 0.348. The fraction of sp³-hybridized carbons (Fsp3) is 0.571. The van der Waals surface area contributed by atoms with Crippen LogP contribution in [0.25, 0.3) is 0 Å². The second-order valence-electron chi connectivity index (χ2n) is 4.93. The van der Waals surface area contributed by atoms with E-state index in [1.54, 1.807) is 0 Å². The van der Waals surface area contributed by atoms with Crippen molar-refractivity contribution in [1.29, 1.82) is 0 Å². The van der Waals surface area contributed by atoms with E-state index in [0.717, 1.165) is 34.6 Å². The number of nitrogens with one attached hydrogen (secondary N) is 1. The van der Waals surface area contributed by atoms with Gasteiger partial charge in [-0.25, -0.2) is 0 Å². The maximum Gasteiger partial charge on any atom is 0.0462 e. The van der Waals surface area contributed by atoms with Gasteiger partial charge in [-0.3, -0.25) is 0 Å². The van der Waals surface area contributed by atoms with E-state index < -0.39 is 0 Å². The van der Waals surface area contributed by atoms with Crippen LogP contribution in [0.3, 0.4) is 0 Å². The Morgan fingerprint density at radius 1 is 1.28 bits per heavy atom. The van der Waals surface area contributed by atoms with E-state index in [1.807, 2.05) is 12.1 Å². The molecule has 1 saturated carbocycles. The second-order valence-corrected chi connectivity index (χ2v) is 6.81. The van der Waals surface area contributed by atoms with Gasteiger partial charge < -0.3 is 5.32 Å². The van der Waals surface area contributed by atoms with Gasteiger partial charge in [0.05, 0.1) is 0 Å². The van der Waals surface area contributed by atoms with Crippen LogP contribution < -0.4 is 5.32 Å². The lowest BCUT2D eigenvalue weighted by atomic mass is 9.89. The van der Waals surface area contributed by atoms with Crippen molar-refractivity contribution in [1.82, 2.24) is 5.32 Å². The Balaban J connectivity index is 1.81. The summed E-state index contributed by atoms with van der Waals surface area (Å²) >= 11 is 15.9. The molecule has 2 unspecified atom stereocenters. The largest absolute Gasteiger partial charge is 0.312 e. The number of alkyl halides is 1. The predicted octanol–water partition coefficient (Wildman–Crippen LogP) is 4.99. The van der Waals surface area contributed by atoms with Crippen LogP contribution in [0.15, 0.2) is 22.7 Å². The van der Waals surface area contributed by atoms with E-state index >= 15 is 0 Å². The summed E-state index contributed by atoms with van der Waals surface area (Å²) in [5, 5.41) is 4.63. The van der Waals surface area contributed by atoms with Crippen LogP contribution in [-0.2, 0) is 6.54 Å². The van der Waals surface area contributed by atoms with Crippen molar-refractivity contribution in [3.8, 4) is 0 Å². The Hall–Kier alpha value is 0.240. The average Bonchev–Trinajstić information content (AvgIpc) is 2.34. The van der Waals surface area contributed by atoms with Crippen molar-refractivity contribution >= 4 is 39.1 Å². The number of rotatable bonds is 4. The molecule has 18 heavy (non-hydrogen) atoms. The van der Waals surface area contributed by atoms with Crippen LogP contribution in [0, 0.1) is 5.92 Å². The molecule has 0 radical (unpaired) electrons. The molecule has 0 spiro atoms. The van der Waals surface area contributed by atoms with Gasteiger partial charge in [-0.1, -0.05) is 46.4 Å². The summed E-state index contributed by atoms with van der Waals surface area (Å²) < 4.78 is 1.02. The SMILES string of the molecule is Clc1cc(Br)ccc1CNCC1CCCCC1Cl. The quantitative estimate of drug-likeness (QED) is 0.754. The van der Waals surface area contributed by atoms with Crippen LogP contribution in [0.5, 0.6) is 0 Å². The van der Waals surface area contributed by atoms with Crippen molar-refractivity contribution < 1.29 is 0 Å².